The predicted molar refractivity (Wildman–Crippen MR) is 66.1 cm³/mol. The predicted octanol–water partition coefficient (Wildman–Crippen LogP) is 1.03. The molecule has 100 valence electrons. The SMILES string of the molecule is CCN(CC(O)COCC1CCCO1)C1CC1. The first-order chi connectivity index (χ1) is 8.29. The molecule has 0 aromatic heterocycles. The molecular weight excluding hydrogens is 218 g/mol. The number of rotatable bonds is 8. The molecule has 0 spiro atoms. The van der Waals surface area contributed by atoms with E-state index >= 15 is 0 Å². The van der Waals surface area contributed by atoms with Crippen molar-refractivity contribution >= 4 is 0 Å². The van der Waals surface area contributed by atoms with Crippen LogP contribution in [0.15, 0.2) is 0 Å². The number of aliphatic hydroxyl groups is 1. The average molecular weight is 243 g/mol. The molecule has 0 bridgehead atoms. The summed E-state index contributed by atoms with van der Waals surface area (Å²) in [7, 11) is 0. The molecule has 1 saturated heterocycles. The minimum absolute atomic E-state index is 0.257. The van der Waals surface area contributed by atoms with Crippen molar-refractivity contribution in [2.75, 3.05) is 32.9 Å². The maximum Gasteiger partial charge on any atom is 0.0900 e. The quantitative estimate of drug-likeness (QED) is 0.691. The van der Waals surface area contributed by atoms with Crippen LogP contribution in [0.2, 0.25) is 0 Å². The summed E-state index contributed by atoms with van der Waals surface area (Å²) < 4.78 is 11.0. The Morgan fingerprint density at radius 2 is 2.24 bits per heavy atom. The van der Waals surface area contributed by atoms with Crippen LogP contribution in [0.5, 0.6) is 0 Å². The molecule has 17 heavy (non-hydrogen) atoms. The monoisotopic (exact) mass is 243 g/mol. The lowest BCUT2D eigenvalue weighted by Crippen LogP contribution is -2.36. The lowest BCUT2D eigenvalue weighted by Gasteiger charge is -2.23. The van der Waals surface area contributed by atoms with E-state index < -0.39 is 0 Å². The van der Waals surface area contributed by atoms with Gasteiger partial charge in [-0.15, -0.1) is 0 Å². The third kappa shape index (κ3) is 4.54. The van der Waals surface area contributed by atoms with Crippen LogP contribution >= 0.6 is 0 Å². The molecule has 0 amide bonds. The van der Waals surface area contributed by atoms with Crippen LogP contribution in [0.4, 0.5) is 0 Å². The van der Waals surface area contributed by atoms with E-state index in [4.69, 9.17) is 9.47 Å². The molecule has 4 nitrogen and oxygen atoms in total. The van der Waals surface area contributed by atoms with E-state index in [2.05, 4.69) is 11.8 Å². The highest BCUT2D eigenvalue weighted by Gasteiger charge is 2.29. The number of hydrogen-bond donors (Lipinski definition) is 1. The largest absolute Gasteiger partial charge is 0.389 e. The van der Waals surface area contributed by atoms with Gasteiger partial charge in [0.1, 0.15) is 0 Å². The van der Waals surface area contributed by atoms with Crippen LogP contribution in [0.3, 0.4) is 0 Å². The molecule has 1 N–H and O–H groups in total. The normalized spacial score (nSPS) is 26.6. The van der Waals surface area contributed by atoms with Crippen molar-refractivity contribution in [2.24, 2.45) is 0 Å². The topological polar surface area (TPSA) is 41.9 Å². The second-order valence-electron chi connectivity index (χ2n) is 5.15. The third-order valence-electron chi connectivity index (χ3n) is 3.55. The second-order valence-corrected chi connectivity index (χ2v) is 5.15. The Kier molecular flexibility index (Phi) is 5.22. The summed E-state index contributed by atoms with van der Waals surface area (Å²) in [6.07, 6.45) is 4.71. The molecule has 1 aliphatic carbocycles. The minimum Gasteiger partial charge on any atom is -0.389 e. The molecule has 1 heterocycles. The number of nitrogens with zero attached hydrogens (tertiary/aromatic N) is 1. The van der Waals surface area contributed by atoms with Gasteiger partial charge in [0.15, 0.2) is 0 Å². The summed E-state index contributed by atoms with van der Waals surface area (Å²) in [5.74, 6) is 0. The van der Waals surface area contributed by atoms with Crippen molar-refractivity contribution in [1.29, 1.82) is 0 Å². The van der Waals surface area contributed by atoms with E-state index in [0.717, 1.165) is 32.5 Å². The highest BCUT2D eigenvalue weighted by atomic mass is 16.5. The van der Waals surface area contributed by atoms with E-state index in [0.29, 0.717) is 19.3 Å². The smallest absolute Gasteiger partial charge is 0.0900 e. The molecule has 2 rings (SSSR count). The Morgan fingerprint density at radius 1 is 1.41 bits per heavy atom. The van der Waals surface area contributed by atoms with Crippen LogP contribution in [0.1, 0.15) is 32.6 Å². The number of likely N-dealkylation sites (N-methyl/N-ethyl adjacent to an activating group) is 1. The van der Waals surface area contributed by atoms with E-state index in [1.165, 1.54) is 12.8 Å². The van der Waals surface area contributed by atoms with Crippen molar-refractivity contribution in [2.45, 2.75) is 50.9 Å². The third-order valence-corrected chi connectivity index (χ3v) is 3.55. The van der Waals surface area contributed by atoms with Crippen molar-refractivity contribution < 1.29 is 14.6 Å². The number of hydrogen-bond acceptors (Lipinski definition) is 4. The van der Waals surface area contributed by atoms with Gasteiger partial charge in [-0.2, -0.15) is 0 Å². The molecule has 2 aliphatic rings. The van der Waals surface area contributed by atoms with Gasteiger partial charge in [0, 0.05) is 19.2 Å². The Bertz CT molecular complexity index is 215. The van der Waals surface area contributed by atoms with Gasteiger partial charge in [-0.25, -0.2) is 0 Å². The van der Waals surface area contributed by atoms with Gasteiger partial charge in [-0.1, -0.05) is 6.92 Å². The maximum atomic E-state index is 9.89. The Labute approximate surface area is 104 Å². The number of aliphatic hydroxyl groups excluding tert-OH is 1. The van der Waals surface area contributed by atoms with Gasteiger partial charge in [0.25, 0.3) is 0 Å². The fourth-order valence-electron chi connectivity index (χ4n) is 2.41. The molecule has 2 atom stereocenters. The molecule has 1 saturated carbocycles. The molecule has 0 radical (unpaired) electrons. The van der Waals surface area contributed by atoms with Crippen molar-refractivity contribution in [1.82, 2.24) is 4.90 Å². The maximum absolute atomic E-state index is 9.89. The van der Waals surface area contributed by atoms with Crippen molar-refractivity contribution in [3.8, 4) is 0 Å². The Balaban J connectivity index is 1.54. The molecule has 4 heteroatoms. The highest BCUT2D eigenvalue weighted by Crippen LogP contribution is 2.26. The fourth-order valence-corrected chi connectivity index (χ4v) is 2.41. The molecule has 2 fully saturated rings. The van der Waals surface area contributed by atoms with Gasteiger partial charge in [-0.05, 0) is 32.2 Å². The summed E-state index contributed by atoms with van der Waals surface area (Å²) in [5.41, 5.74) is 0. The van der Waals surface area contributed by atoms with Crippen LogP contribution in [-0.4, -0.2) is 61.2 Å². The first kappa shape index (κ1) is 13.3. The van der Waals surface area contributed by atoms with Gasteiger partial charge >= 0.3 is 0 Å². The first-order valence-corrected chi connectivity index (χ1v) is 6.91. The highest BCUT2D eigenvalue weighted by molar-refractivity contribution is 4.84. The van der Waals surface area contributed by atoms with Crippen LogP contribution in [0, 0.1) is 0 Å². The van der Waals surface area contributed by atoms with Gasteiger partial charge < -0.3 is 14.6 Å². The fraction of sp³-hybridized carbons (Fsp3) is 1.00. The summed E-state index contributed by atoms with van der Waals surface area (Å²) in [6.45, 7) is 5.84. The molecule has 0 aromatic carbocycles. The van der Waals surface area contributed by atoms with Crippen LogP contribution < -0.4 is 0 Å². The Morgan fingerprint density at radius 3 is 2.82 bits per heavy atom. The van der Waals surface area contributed by atoms with E-state index in [9.17, 15) is 5.11 Å². The van der Waals surface area contributed by atoms with E-state index in [1.807, 2.05) is 0 Å². The zero-order chi connectivity index (χ0) is 12.1. The lowest BCUT2D eigenvalue weighted by atomic mass is 10.2. The summed E-state index contributed by atoms with van der Waals surface area (Å²) in [5, 5.41) is 9.89. The van der Waals surface area contributed by atoms with Gasteiger partial charge in [0.2, 0.25) is 0 Å². The van der Waals surface area contributed by atoms with Gasteiger partial charge in [-0.3, -0.25) is 4.90 Å². The van der Waals surface area contributed by atoms with Crippen LogP contribution in [-0.2, 0) is 9.47 Å². The molecule has 0 aromatic rings. The van der Waals surface area contributed by atoms with Crippen LogP contribution in [0.25, 0.3) is 0 Å². The standard InChI is InChI=1S/C13H25NO3/c1-2-14(11-5-6-11)8-12(15)9-16-10-13-4-3-7-17-13/h11-13,15H,2-10H2,1H3. The zero-order valence-electron chi connectivity index (χ0n) is 10.8. The molecular formula is C13H25NO3. The first-order valence-electron chi connectivity index (χ1n) is 6.91. The summed E-state index contributed by atoms with van der Waals surface area (Å²) in [6, 6.07) is 0.716. The second kappa shape index (κ2) is 6.69. The summed E-state index contributed by atoms with van der Waals surface area (Å²) in [4.78, 5) is 2.35. The zero-order valence-corrected chi connectivity index (χ0v) is 10.8. The minimum atomic E-state index is -0.364. The van der Waals surface area contributed by atoms with E-state index in [-0.39, 0.29) is 12.2 Å². The molecule has 1 aliphatic heterocycles. The van der Waals surface area contributed by atoms with E-state index in [1.54, 1.807) is 0 Å². The van der Waals surface area contributed by atoms with Crippen molar-refractivity contribution in [3.63, 3.8) is 0 Å². The van der Waals surface area contributed by atoms with Gasteiger partial charge in [0.05, 0.1) is 25.4 Å². The molecule has 2 unspecified atom stereocenters. The van der Waals surface area contributed by atoms with Crippen molar-refractivity contribution in [3.05, 3.63) is 0 Å². The lowest BCUT2D eigenvalue weighted by molar-refractivity contribution is -0.0254. The average Bonchev–Trinajstić information content (AvgIpc) is 3.04. The Hall–Kier alpha value is -0.160. The number of ether oxygens (including phenoxy) is 2. The summed E-state index contributed by atoms with van der Waals surface area (Å²) >= 11 is 0.